The molecule has 1 aliphatic rings. The lowest BCUT2D eigenvalue weighted by atomic mass is 9.85. The molecule has 88 valence electrons. The van der Waals surface area contributed by atoms with Crippen molar-refractivity contribution in [1.82, 2.24) is 0 Å². The maximum absolute atomic E-state index is 9.44. The minimum Gasteiger partial charge on any atom is -0.494 e. The van der Waals surface area contributed by atoms with E-state index in [2.05, 4.69) is 0 Å². The monoisotopic (exact) mass is 222 g/mol. The van der Waals surface area contributed by atoms with Gasteiger partial charge < -0.3 is 14.6 Å². The van der Waals surface area contributed by atoms with Gasteiger partial charge in [0.05, 0.1) is 26.4 Å². The highest BCUT2D eigenvalue weighted by atomic mass is 16.5. The molecule has 2 rings (SSSR count). The SMILES string of the molecule is CCOc1cccc(C(CO)C2COC2)c1. The summed E-state index contributed by atoms with van der Waals surface area (Å²) in [5.74, 6) is 1.50. The summed E-state index contributed by atoms with van der Waals surface area (Å²) in [6.07, 6.45) is 0. The predicted molar refractivity (Wildman–Crippen MR) is 61.7 cm³/mol. The van der Waals surface area contributed by atoms with E-state index >= 15 is 0 Å². The van der Waals surface area contributed by atoms with Crippen LogP contribution in [0.4, 0.5) is 0 Å². The van der Waals surface area contributed by atoms with Crippen LogP contribution in [0.25, 0.3) is 0 Å². The van der Waals surface area contributed by atoms with Gasteiger partial charge in [0.2, 0.25) is 0 Å². The molecular formula is C13H18O3. The van der Waals surface area contributed by atoms with E-state index in [4.69, 9.17) is 9.47 Å². The van der Waals surface area contributed by atoms with Gasteiger partial charge >= 0.3 is 0 Å². The fraction of sp³-hybridized carbons (Fsp3) is 0.538. The van der Waals surface area contributed by atoms with Crippen LogP contribution in [0.3, 0.4) is 0 Å². The first-order chi connectivity index (χ1) is 7.85. The van der Waals surface area contributed by atoms with Crippen LogP contribution in [-0.4, -0.2) is 31.5 Å². The maximum atomic E-state index is 9.44. The standard InChI is InChI=1S/C13H18O3/c1-2-16-12-5-3-4-10(6-12)13(7-14)11-8-15-9-11/h3-6,11,13-14H,2,7-9H2,1H3. The van der Waals surface area contributed by atoms with Crippen molar-refractivity contribution in [3.8, 4) is 5.75 Å². The van der Waals surface area contributed by atoms with Crippen molar-refractivity contribution in [2.24, 2.45) is 5.92 Å². The normalized spacial score (nSPS) is 17.9. The van der Waals surface area contributed by atoms with Crippen LogP contribution in [-0.2, 0) is 4.74 Å². The molecule has 16 heavy (non-hydrogen) atoms. The summed E-state index contributed by atoms with van der Waals surface area (Å²) in [6, 6.07) is 7.98. The molecule has 1 aromatic carbocycles. The molecule has 0 aromatic heterocycles. The molecule has 0 bridgehead atoms. The van der Waals surface area contributed by atoms with E-state index in [1.165, 1.54) is 0 Å². The molecule has 0 radical (unpaired) electrons. The minimum absolute atomic E-state index is 0.170. The first kappa shape index (κ1) is 11.4. The Morgan fingerprint density at radius 2 is 2.31 bits per heavy atom. The number of rotatable bonds is 5. The number of ether oxygens (including phenoxy) is 2. The zero-order valence-corrected chi connectivity index (χ0v) is 9.56. The van der Waals surface area contributed by atoms with Gasteiger partial charge in [-0.05, 0) is 24.6 Å². The zero-order valence-electron chi connectivity index (χ0n) is 9.56. The van der Waals surface area contributed by atoms with Crippen molar-refractivity contribution in [2.45, 2.75) is 12.8 Å². The Hall–Kier alpha value is -1.06. The predicted octanol–water partition coefficient (Wildman–Crippen LogP) is 1.81. The van der Waals surface area contributed by atoms with E-state index < -0.39 is 0 Å². The molecule has 1 aliphatic heterocycles. The Morgan fingerprint density at radius 1 is 1.50 bits per heavy atom. The molecule has 1 fully saturated rings. The summed E-state index contributed by atoms with van der Waals surface area (Å²) >= 11 is 0. The van der Waals surface area contributed by atoms with Crippen LogP contribution < -0.4 is 4.74 Å². The number of hydrogen-bond donors (Lipinski definition) is 1. The lowest BCUT2D eigenvalue weighted by molar-refractivity contribution is -0.0527. The van der Waals surface area contributed by atoms with Gasteiger partial charge in [-0.2, -0.15) is 0 Å². The van der Waals surface area contributed by atoms with Gasteiger partial charge in [0.25, 0.3) is 0 Å². The van der Waals surface area contributed by atoms with Gasteiger partial charge in [0.15, 0.2) is 0 Å². The third-order valence-corrected chi connectivity index (χ3v) is 3.03. The van der Waals surface area contributed by atoms with Crippen LogP contribution in [0.5, 0.6) is 5.75 Å². The molecule has 1 aromatic rings. The third-order valence-electron chi connectivity index (χ3n) is 3.03. The molecule has 0 spiro atoms. The lowest BCUT2D eigenvalue weighted by Gasteiger charge is -2.33. The number of hydrogen-bond acceptors (Lipinski definition) is 3. The average Bonchev–Trinajstić information content (AvgIpc) is 2.24. The topological polar surface area (TPSA) is 38.7 Å². The molecule has 0 saturated carbocycles. The van der Waals surface area contributed by atoms with Crippen molar-refractivity contribution in [2.75, 3.05) is 26.4 Å². The molecule has 3 nitrogen and oxygen atoms in total. The van der Waals surface area contributed by atoms with Gasteiger partial charge in [0, 0.05) is 11.8 Å². The smallest absolute Gasteiger partial charge is 0.119 e. The van der Waals surface area contributed by atoms with Crippen LogP contribution in [0.1, 0.15) is 18.4 Å². The summed E-state index contributed by atoms with van der Waals surface area (Å²) in [5.41, 5.74) is 1.14. The Morgan fingerprint density at radius 3 is 2.88 bits per heavy atom. The molecule has 3 heteroatoms. The van der Waals surface area contributed by atoms with Crippen molar-refractivity contribution < 1.29 is 14.6 Å². The molecule has 1 heterocycles. The van der Waals surface area contributed by atoms with Crippen LogP contribution in [0.15, 0.2) is 24.3 Å². The molecular weight excluding hydrogens is 204 g/mol. The van der Waals surface area contributed by atoms with E-state index in [-0.39, 0.29) is 12.5 Å². The summed E-state index contributed by atoms with van der Waals surface area (Å²) in [4.78, 5) is 0. The summed E-state index contributed by atoms with van der Waals surface area (Å²) < 4.78 is 10.6. The van der Waals surface area contributed by atoms with Crippen molar-refractivity contribution >= 4 is 0 Å². The quantitative estimate of drug-likeness (QED) is 0.825. The second kappa shape index (κ2) is 5.32. The minimum atomic E-state index is 0.170. The molecule has 1 unspecified atom stereocenters. The number of benzene rings is 1. The maximum Gasteiger partial charge on any atom is 0.119 e. The largest absolute Gasteiger partial charge is 0.494 e. The van der Waals surface area contributed by atoms with E-state index in [1.54, 1.807) is 0 Å². The van der Waals surface area contributed by atoms with E-state index in [0.717, 1.165) is 24.5 Å². The van der Waals surface area contributed by atoms with Crippen molar-refractivity contribution in [3.63, 3.8) is 0 Å². The highest BCUT2D eigenvalue weighted by Gasteiger charge is 2.29. The molecule has 0 amide bonds. The number of aliphatic hydroxyl groups excluding tert-OH is 1. The Kier molecular flexibility index (Phi) is 3.80. The van der Waals surface area contributed by atoms with Gasteiger partial charge in [-0.3, -0.25) is 0 Å². The fourth-order valence-corrected chi connectivity index (χ4v) is 2.01. The Labute approximate surface area is 96.0 Å². The first-order valence-electron chi connectivity index (χ1n) is 5.76. The van der Waals surface area contributed by atoms with Crippen LogP contribution in [0.2, 0.25) is 0 Å². The Balaban J connectivity index is 2.13. The molecule has 1 atom stereocenters. The fourth-order valence-electron chi connectivity index (χ4n) is 2.01. The molecule has 0 aliphatic carbocycles. The molecule has 1 N–H and O–H groups in total. The highest BCUT2D eigenvalue weighted by molar-refractivity contribution is 5.31. The van der Waals surface area contributed by atoms with Crippen LogP contribution in [0, 0.1) is 5.92 Å². The van der Waals surface area contributed by atoms with E-state index in [1.807, 2.05) is 31.2 Å². The Bertz CT molecular complexity index is 334. The van der Waals surface area contributed by atoms with E-state index in [9.17, 15) is 5.11 Å². The average molecular weight is 222 g/mol. The van der Waals surface area contributed by atoms with Gasteiger partial charge in [0.1, 0.15) is 5.75 Å². The zero-order chi connectivity index (χ0) is 11.4. The van der Waals surface area contributed by atoms with Gasteiger partial charge in [-0.1, -0.05) is 12.1 Å². The van der Waals surface area contributed by atoms with Gasteiger partial charge in [-0.25, -0.2) is 0 Å². The van der Waals surface area contributed by atoms with Crippen LogP contribution >= 0.6 is 0 Å². The first-order valence-corrected chi connectivity index (χ1v) is 5.76. The van der Waals surface area contributed by atoms with Gasteiger partial charge in [-0.15, -0.1) is 0 Å². The highest BCUT2D eigenvalue weighted by Crippen LogP contribution is 2.31. The van der Waals surface area contributed by atoms with E-state index in [0.29, 0.717) is 12.5 Å². The summed E-state index contributed by atoms with van der Waals surface area (Å²) in [6.45, 7) is 4.31. The van der Waals surface area contributed by atoms with Crippen molar-refractivity contribution in [1.29, 1.82) is 0 Å². The number of aliphatic hydroxyl groups is 1. The second-order valence-electron chi connectivity index (χ2n) is 4.09. The summed E-state index contributed by atoms with van der Waals surface area (Å²) in [5, 5.41) is 9.44. The van der Waals surface area contributed by atoms with Crippen molar-refractivity contribution in [3.05, 3.63) is 29.8 Å². The summed E-state index contributed by atoms with van der Waals surface area (Å²) in [7, 11) is 0. The third kappa shape index (κ3) is 2.36. The second-order valence-corrected chi connectivity index (χ2v) is 4.09. The lowest BCUT2D eigenvalue weighted by Crippen LogP contribution is -2.34. The molecule has 1 saturated heterocycles.